The van der Waals surface area contributed by atoms with Gasteiger partial charge in [-0.05, 0) is 36.5 Å². The van der Waals surface area contributed by atoms with Crippen molar-refractivity contribution in [1.29, 1.82) is 0 Å². The van der Waals surface area contributed by atoms with Crippen molar-refractivity contribution in [1.82, 2.24) is 19.8 Å². The zero-order valence-electron chi connectivity index (χ0n) is 15.0. The Bertz CT molecular complexity index is 825. The molecule has 2 atom stereocenters. The molecule has 0 unspecified atom stereocenters. The predicted octanol–water partition coefficient (Wildman–Crippen LogP) is 1.91. The normalized spacial score (nSPS) is 22.4. The predicted molar refractivity (Wildman–Crippen MR) is 98.3 cm³/mol. The van der Waals surface area contributed by atoms with Crippen LogP contribution in [0.3, 0.4) is 0 Å². The zero-order chi connectivity index (χ0) is 18.8. The highest BCUT2D eigenvalue weighted by molar-refractivity contribution is 5.92. The van der Waals surface area contributed by atoms with Crippen LogP contribution in [0.15, 0.2) is 42.9 Å². The summed E-state index contributed by atoms with van der Waals surface area (Å²) in [6, 6.07) is 7.37. The highest BCUT2D eigenvalue weighted by Gasteiger charge is 2.36. The summed E-state index contributed by atoms with van der Waals surface area (Å²) in [6.07, 6.45) is 6.84. The van der Waals surface area contributed by atoms with Gasteiger partial charge in [0.25, 0.3) is 5.91 Å². The molecule has 5 rings (SSSR count). The molecular formula is C20H22N4O3. The molecule has 4 heterocycles. The van der Waals surface area contributed by atoms with E-state index in [1.54, 1.807) is 24.5 Å². The molecule has 3 aliphatic heterocycles. The van der Waals surface area contributed by atoms with E-state index in [1.165, 1.54) is 6.20 Å². The highest BCUT2D eigenvalue weighted by atomic mass is 16.4. The van der Waals surface area contributed by atoms with Crippen molar-refractivity contribution < 1.29 is 14.7 Å². The quantitative estimate of drug-likeness (QED) is 0.890. The average molecular weight is 366 g/mol. The van der Waals surface area contributed by atoms with Crippen molar-refractivity contribution in [2.24, 2.45) is 5.92 Å². The highest BCUT2D eigenvalue weighted by Crippen LogP contribution is 2.29. The number of carbonyl (C=O) groups excluding carboxylic acids is 1. The summed E-state index contributed by atoms with van der Waals surface area (Å²) < 4.78 is 0. The number of benzene rings is 1. The van der Waals surface area contributed by atoms with Gasteiger partial charge in [-0.1, -0.05) is 12.1 Å². The van der Waals surface area contributed by atoms with E-state index in [4.69, 9.17) is 5.11 Å². The number of nitrogens with zero attached hydrogens (tertiary/aromatic N) is 4. The van der Waals surface area contributed by atoms with E-state index in [2.05, 4.69) is 14.9 Å². The third-order valence-corrected chi connectivity index (χ3v) is 5.48. The fourth-order valence-electron chi connectivity index (χ4n) is 4.10. The number of carbonyl (C=O) groups is 2. The molecule has 27 heavy (non-hydrogen) atoms. The van der Waals surface area contributed by atoms with Crippen LogP contribution in [0.1, 0.15) is 39.3 Å². The standard InChI is InChI=1S/C20H22N4O3/c25-19(18-9-21-7-8-22-18)24-12-15-3-6-17(13-24)23(11-15)10-14-1-4-16(5-2-14)20(26)27/h1-2,4-5,7-9,15,17H,3,6,10-13H2,(H,26,27)/t15-,17-/m1/s1. The Morgan fingerprint density at radius 1 is 1.07 bits per heavy atom. The Morgan fingerprint density at radius 2 is 1.89 bits per heavy atom. The van der Waals surface area contributed by atoms with Crippen LogP contribution in [0, 0.1) is 5.92 Å². The second kappa shape index (κ2) is 7.44. The van der Waals surface area contributed by atoms with Gasteiger partial charge < -0.3 is 10.0 Å². The summed E-state index contributed by atoms with van der Waals surface area (Å²) in [4.78, 5) is 36.3. The van der Waals surface area contributed by atoms with E-state index in [-0.39, 0.29) is 5.91 Å². The summed E-state index contributed by atoms with van der Waals surface area (Å²) in [5.41, 5.74) is 1.80. The maximum absolute atomic E-state index is 12.8. The molecule has 1 aromatic heterocycles. The van der Waals surface area contributed by atoms with Crippen LogP contribution in [0.4, 0.5) is 0 Å². The first-order valence-corrected chi connectivity index (χ1v) is 9.21. The minimum Gasteiger partial charge on any atom is -0.478 e. The molecule has 1 amide bonds. The van der Waals surface area contributed by atoms with Crippen molar-refractivity contribution in [2.75, 3.05) is 19.6 Å². The van der Waals surface area contributed by atoms with Crippen LogP contribution in [0.2, 0.25) is 0 Å². The summed E-state index contributed by atoms with van der Waals surface area (Å²) in [7, 11) is 0. The number of hydrogen-bond acceptors (Lipinski definition) is 5. The van der Waals surface area contributed by atoms with E-state index < -0.39 is 5.97 Å². The maximum atomic E-state index is 12.8. The zero-order valence-corrected chi connectivity index (χ0v) is 15.0. The lowest BCUT2D eigenvalue weighted by molar-refractivity contribution is 0.0695. The number of aromatic carboxylic acids is 1. The van der Waals surface area contributed by atoms with Gasteiger partial charge in [-0.15, -0.1) is 0 Å². The number of carboxylic acids is 1. The molecule has 3 saturated heterocycles. The number of aromatic nitrogens is 2. The van der Waals surface area contributed by atoms with Gasteiger partial charge in [-0.2, -0.15) is 0 Å². The summed E-state index contributed by atoms with van der Waals surface area (Å²) in [5.74, 6) is -0.510. The van der Waals surface area contributed by atoms with Crippen LogP contribution >= 0.6 is 0 Å². The molecule has 7 heteroatoms. The van der Waals surface area contributed by atoms with Crippen molar-refractivity contribution >= 4 is 11.9 Å². The fraction of sp³-hybridized carbons (Fsp3) is 0.400. The van der Waals surface area contributed by atoms with Gasteiger partial charge in [0.15, 0.2) is 0 Å². The minimum atomic E-state index is -0.909. The number of hydrogen-bond donors (Lipinski definition) is 1. The SMILES string of the molecule is O=C(O)c1ccc(CN2C[C@H]3CC[C@@H]2CN(C(=O)c2cnccn2)C3)cc1. The second-order valence-corrected chi connectivity index (χ2v) is 7.33. The van der Waals surface area contributed by atoms with Gasteiger partial charge in [0.1, 0.15) is 5.69 Å². The Labute approximate surface area is 157 Å². The van der Waals surface area contributed by atoms with E-state index >= 15 is 0 Å². The lowest BCUT2D eigenvalue weighted by Gasteiger charge is -2.36. The van der Waals surface area contributed by atoms with E-state index in [0.717, 1.165) is 38.0 Å². The van der Waals surface area contributed by atoms with Gasteiger partial charge in [0.05, 0.1) is 11.8 Å². The molecule has 0 aliphatic carbocycles. The first-order chi connectivity index (χ1) is 13.1. The lowest BCUT2D eigenvalue weighted by atomic mass is 9.94. The Hall–Kier alpha value is -2.80. The number of carboxylic acid groups (broad SMARTS) is 1. The van der Waals surface area contributed by atoms with E-state index in [1.807, 2.05) is 17.0 Å². The lowest BCUT2D eigenvalue weighted by Crippen LogP contribution is -2.44. The van der Waals surface area contributed by atoms with Gasteiger partial charge >= 0.3 is 5.97 Å². The molecule has 0 saturated carbocycles. The van der Waals surface area contributed by atoms with Crippen LogP contribution < -0.4 is 0 Å². The van der Waals surface area contributed by atoms with Crippen molar-refractivity contribution in [3.63, 3.8) is 0 Å². The third kappa shape index (κ3) is 3.83. The van der Waals surface area contributed by atoms with E-state index in [9.17, 15) is 9.59 Å². The van der Waals surface area contributed by atoms with Gasteiger partial charge in [-0.3, -0.25) is 14.7 Å². The molecule has 140 valence electrons. The molecule has 1 N–H and O–H groups in total. The fourth-order valence-corrected chi connectivity index (χ4v) is 4.10. The van der Waals surface area contributed by atoms with Gasteiger partial charge in [-0.25, -0.2) is 9.78 Å². The van der Waals surface area contributed by atoms with Crippen LogP contribution in [-0.2, 0) is 6.54 Å². The van der Waals surface area contributed by atoms with Crippen LogP contribution in [0.25, 0.3) is 0 Å². The molecule has 3 aliphatic rings. The summed E-state index contributed by atoms with van der Waals surface area (Å²) in [6.45, 7) is 3.17. The molecule has 0 radical (unpaired) electrons. The summed E-state index contributed by atoms with van der Waals surface area (Å²) in [5, 5.41) is 9.04. The monoisotopic (exact) mass is 366 g/mol. The largest absolute Gasteiger partial charge is 0.478 e. The molecule has 2 aromatic rings. The molecule has 3 fully saturated rings. The molecular weight excluding hydrogens is 344 g/mol. The average Bonchev–Trinajstić information content (AvgIpc) is 3.00. The van der Waals surface area contributed by atoms with E-state index in [0.29, 0.717) is 29.8 Å². The maximum Gasteiger partial charge on any atom is 0.335 e. The van der Waals surface area contributed by atoms with Crippen LogP contribution in [-0.4, -0.2) is 62.4 Å². The van der Waals surface area contributed by atoms with Crippen LogP contribution in [0.5, 0.6) is 0 Å². The number of rotatable bonds is 4. The summed E-state index contributed by atoms with van der Waals surface area (Å²) >= 11 is 0. The molecule has 2 bridgehead atoms. The minimum absolute atomic E-state index is 0.0485. The Kier molecular flexibility index (Phi) is 4.85. The second-order valence-electron chi connectivity index (χ2n) is 7.33. The van der Waals surface area contributed by atoms with Crippen molar-refractivity contribution in [3.8, 4) is 0 Å². The van der Waals surface area contributed by atoms with Crippen molar-refractivity contribution in [2.45, 2.75) is 25.4 Å². The van der Waals surface area contributed by atoms with Crippen molar-refractivity contribution in [3.05, 3.63) is 59.7 Å². The number of piperidine rings is 1. The number of amides is 1. The smallest absolute Gasteiger partial charge is 0.335 e. The van der Waals surface area contributed by atoms with Gasteiger partial charge in [0, 0.05) is 44.6 Å². The first-order valence-electron chi connectivity index (χ1n) is 9.21. The Morgan fingerprint density at radius 3 is 2.59 bits per heavy atom. The molecule has 7 nitrogen and oxygen atoms in total. The first kappa shape index (κ1) is 17.6. The third-order valence-electron chi connectivity index (χ3n) is 5.48. The van der Waals surface area contributed by atoms with Gasteiger partial charge in [0.2, 0.25) is 0 Å². The topological polar surface area (TPSA) is 86.6 Å². The molecule has 0 spiro atoms. The Balaban J connectivity index is 1.46. The molecule has 1 aromatic carbocycles. The number of fused-ring (bicyclic) bond motifs is 4.